The van der Waals surface area contributed by atoms with E-state index in [2.05, 4.69) is 5.32 Å². The number of benzene rings is 2. The molecule has 0 spiro atoms. The second-order valence-corrected chi connectivity index (χ2v) is 7.24. The van der Waals surface area contributed by atoms with Crippen LogP contribution in [0.1, 0.15) is 24.0 Å². The number of carbonyl (C=O) groups excluding carboxylic acids is 2. The average Bonchev–Trinajstić information content (AvgIpc) is 2.81. The van der Waals surface area contributed by atoms with Crippen LogP contribution in [0.25, 0.3) is 6.08 Å². The lowest BCUT2D eigenvalue weighted by Crippen LogP contribution is -2.42. The lowest BCUT2D eigenvalue weighted by molar-refractivity contribution is -0.132. The van der Waals surface area contributed by atoms with Gasteiger partial charge in [-0.05, 0) is 36.6 Å². The van der Waals surface area contributed by atoms with Gasteiger partial charge in [-0.15, -0.1) is 0 Å². The van der Waals surface area contributed by atoms with Crippen LogP contribution in [0.2, 0.25) is 0 Å². The summed E-state index contributed by atoms with van der Waals surface area (Å²) in [6.45, 7) is 1.68. The molecule has 2 aromatic rings. The number of amides is 2. The predicted octanol–water partition coefficient (Wildman–Crippen LogP) is 3.27. The van der Waals surface area contributed by atoms with Gasteiger partial charge in [0, 0.05) is 43.3 Å². The summed E-state index contributed by atoms with van der Waals surface area (Å²) in [6, 6.07) is 15.3. The minimum atomic E-state index is -0.0592. The van der Waals surface area contributed by atoms with Crippen molar-refractivity contribution in [2.24, 2.45) is 5.92 Å². The van der Waals surface area contributed by atoms with E-state index in [1.807, 2.05) is 42.5 Å². The molecule has 1 heterocycles. The van der Waals surface area contributed by atoms with E-state index in [9.17, 15) is 9.59 Å². The quantitative estimate of drug-likeness (QED) is 0.714. The first-order valence-electron chi connectivity index (χ1n) is 10.1. The molecule has 6 heteroatoms. The molecule has 2 aromatic carbocycles. The summed E-state index contributed by atoms with van der Waals surface area (Å²) in [5.41, 5.74) is 1.89. The zero-order valence-corrected chi connectivity index (χ0v) is 17.5. The molecule has 1 saturated heterocycles. The zero-order valence-electron chi connectivity index (χ0n) is 17.5. The van der Waals surface area contributed by atoms with Gasteiger partial charge in [0.2, 0.25) is 11.8 Å². The molecule has 3 rings (SSSR count). The Bertz CT molecular complexity index is 887. The largest absolute Gasteiger partial charge is 0.497 e. The van der Waals surface area contributed by atoms with Gasteiger partial charge in [-0.25, -0.2) is 0 Å². The zero-order chi connectivity index (χ0) is 21.3. The van der Waals surface area contributed by atoms with Crippen LogP contribution in [0.15, 0.2) is 54.6 Å². The van der Waals surface area contributed by atoms with Gasteiger partial charge >= 0.3 is 0 Å². The van der Waals surface area contributed by atoms with E-state index in [0.29, 0.717) is 44.0 Å². The molecule has 0 aromatic heterocycles. The Labute approximate surface area is 177 Å². The van der Waals surface area contributed by atoms with E-state index in [-0.39, 0.29) is 17.7 Å². The minimum absolute atomic E-state index is 0.0524. The van der Waals surface area contributed by atoms with Crippen molar-refractivity contribution in [3.63, 3.8) is 0 Å². The number of nitrogens with zero attached hydrogens (tertiary/aromatic N) is 1. The second-order valence-electron chi connectivity index (χ2n) is 7.24. The van der Waals surface area contributed by atoms with E-state index in [0.717, 1.165) is 11.1 Å². The molecule has 0 bridgehead atoms. The van der Waals surface area contributed by atoms with Crippen LogP contribution in [-0.2, 0) is 16.1 Å². The highest BCUT2D eigenvalue weighted by Gasteiger charge is 2.26. The predicted molar refractivity (Wildman–Crippen MR) is 116 cm³/mol. The monoisotopic (exact) mass is 408 g/mol. The molecule has 0 saturated carbocycles. The second kappa shape index (κ2) is 10.5. The van der Waals surface area contributed by atoms with Gasteiger partial charge in [0.15, 0.2) is 0 Å². The van der Waals surface area contributed by atoms with Gasteiger partial charge < -0.3 is 19.7 Å². The Morgan fingerprint density at radius 3 is 2.47 bits per heavy atom. The molecule has 0 unspecified atom stereocenters. The van der Waals surface area contributed by atoms with E-state index < -0.39 is 0 Å². The van der Waals surface area contributed by atoms with E-state index >= 15 is 0 Å². The number of hydrogen-bond donors (Lipinski definition) is 1. The summed E-state index contributed by atoms with van der Waals surface area (Å²) in [5.74, 6) is 1.29. The molecule has 1 aliphatic rings. The third-order valence-corrected chi connectivity index (χ3v) is 5.33. The molecule has 0 radical (unpaired) electrons. The number of nitrogens with one attached hydrogen (secondary N) is 1. The molecule has 1 aliphatic heterocycles. The van der Waals surface area contributed by atoms with Crippen molar-refractivity contribution in [1.29, 1.82) is 0 Å². The Kier molecular flexibility index (Phi) is 7.49. The number of methoxy groups -OCH3 is 2. The lowest BCUT2D eigenvalue weighted by Gasteiger charge is -2.30. The third kappa shape index (κ3) is 5.63. The summed E-state index contributed by atoms with van der Waals surface area (Å²) in [5, 5.41) is 3.00. The highest BCUT2D eigenvalue weighted by molar-refractivity contribution is 5.92. The molecule has 0 atom stereocenters. The van der Waals surface area contributed by atoms with Crippen molar-refractivity contribution in [3.8, 4) is 11.5 Å². The summed E-state index contributed by atoms with van der Waals surface area (Å²) in [7, 11) is 3.18. The highest BCUT2D eigenvalue weighted by Crippen LogP contribution is 2.26. The number of hydrogen-bond acceptors (Lipinski definition) is 4. The minimum Gasteiger partial charge on any atom is -0.497 e. The summed E-state index contributed by atoms with van der Waals surface area (Å²) in [4.78, 5) is 26.8. The molecular formula is C24H28N2O4. The maximum atomic E-state index is 12.6. The van der Waals surface area contributed by atoms with Gasteiger partial charge in [0.25, 0.3) is 0 Å². The number of ether oxygens (including phenoxy) is 2. The maximum Gasteiger partial charge on any atom is 0.246 e. The van der Waals surface area contributed by atoms with Crippen LogP contribution in [0.5, 0.6) is 11.5 Å². The first-order chi connectivity index (χ1) is 14.6. The number of piperidine rings is 1. The Balaban J connectivity index is 1.49. The maximum absolute atomic E-state index is 12.6. The fourth-order valence-electron chi connectivity index (χ4n) is 3.51. The van der Waals surface area contributed by atoms with E-state index in [4.69, 9.17) is 9.47 Å². The van der Waals surface area contributed by atoms with Gasteiger partial charge in [-0.3, -0.25) is 9.59 Å². The lowest BCUT2D eigenvalue weighted by atomic mass is 9.95. The smallest absolute Gasteiger partial charge is 0.246 e. The van der Waals surface area contributed by atoms with Crippen molar-refractivity contribution >= 4 is 17.9 Å². The summed E-state index contributed by atoms with van der Waals surface area (Å²) < 4.78 is 10.6. The van der Waals surface area contributed by atoms with Crippen molar-refractivity contribution in [2.75, 3.05) is 27.3 Å². The summed E-state index contributed by atoms with van der Waals surface area (Å²) in [6.07, 6.45) is 4.65. The van der Waals surface area contributed by atoms with Gasteiger partial charge in [-0.1, -0.05) is 30.3 Å². The van der Waals surface area contributed by atoms with Crippen molar-refractivity contribution in [1.82, 2.24) is 10.2 Å². The fourth-order valence-corrected chi connectivity index (χ4v) is 3.51. The van der Waals surface area contributed by atoms with Gasteiger partial charge in [0.05, 0.1) is 14.2 Å². The first kappa shape index (κ1) is 21.4. The number of likely N-dealkylation sites (tertiary alicyclic amines) is 1. The van der Waals surface area contributed by atoms with Crippen molar-refractivity contribution in [3.05, 3.63) is 65.7 Å². The molecule has 1 fully saturated rings. The van der Waals surface area contributed by atoms with E-state index in [1.54, 1.807) is 37.3 Å². The van der Waals surface area contributed by atoms with Crippen LogP contribution in [0.4, 0.5) is 0 Å². The summed E-state index contributed by atoms with van der Waals surface area (Å²) >= 11 is 0. The molecule has 1 N–H and O–H groups in total. The van der Waals surface area contributed by atoms with Gasteiger partial charge in [0.1, 0.15) is 11.5 Å². The van der Waals surface area contributed by atoms with Crippen LogP contribution < -0.4 is 14.8 Å². The topological polar surface area (TPSA) is 67.9 Å². The average molecular weight is 408 g/mol. The molecule has 2 amide bonds. The molecule has 0 aliphatic carbocycles. The Hall–Kier alpha value is -3.28. The molecule has 6 nitrogen and oxygen atoms in total. The van der Waals surface area contributed by atoms with Crippen molar-refractivity contribution in [2.45, 2.75) is 19.4 Å². The standard InChI is InChI=1S/C24H28N2O4/c1-29-21-10-8-19(22(16-21)30-2)9-11-23(27)26-14-12-20(13-15-26)24(28)25-17-18-6-4-3-5-7-18/h3-11,16,20H,12-15,17H2,1-2H3,(H,25,28). The van der Waals surface area contributed by atoms with E-state index in [1.165, 1.54) is 0 Å². The highest BCUT2D eigenvalue weighted by atomic mass is 16.5. The first-order valence-corrected chi connectivity index (χ1v) is 10.1. The Morgan fingerprint density at radius 1 is 1.07 bits per heavy atom. The SMILES string of the molecule is COc1ccc(C=CC(=O)N2CCC(C(=O)NCc3ccccc3)CC2)c(OC)c1. The normalized spacial score (nSPS) is 14.5. The molecule has 30 heavy (non-hydrogen) atoms. The van der Waals surface area contributed by atoms with Crippen molar-refractivity contribution < 1.29 is 19.1 Å². The molecule has 158 valence electrons. The third-order valence-electron chi connectivity index (χ3n) is 5.33. The van der Waals surface area contributed by atoms with Crippen LogP contribution in [0.3, 0.4) is 0 Å². The van der Waals surface area contributed by atoms with Crippen LogP contribution in [0, 0.1) is 5.92 Å². The fraction of sp³-hybridized carbons (Fsp3) is 0.333. The number of carbonyl (C=O) groups is 2. The van der Waals surface area contributed by atoms with Crippen LogP contribution in [-0.4, -0.2) is 44.0 Å². The van der Waals surface area contributed by atoms with Crippen LogP contribution >= 0.6 is 0 Å². The number of rotatable bonds is 7. The molecular weight excluding hydrogens is 380 g/mol. The van der Waals surface area contributed by atoms with Gasteiger partial charge in [-0.2, -0.15) is 0 Å². The Morgan fingerprint density at radius 2 is 1.80 bits per heavy atom.